The van der Waals surface area contributed by atoms with Crippen molar-refractivity contribution >= 4 is 0 Å². The molecule has 0 bridgehead atoms. The minimum atomic E-state index is 0.594. The van der Waals surface area contributed by atoms with E-state index in [2.05, 4.69) is 33.2 Å². The van der Waals surface area contributed by atoms with Crippen molar-refractivity contribution in [1.29, 1.82) is 0 Å². The summed E-state index contributed by atoms with van der Waals surface area (Å²) in [4.78, 5) is 0. The van der Waals surface area contributed by atoms with Gasteiger partial charge in [-0.3, -0.25) is 0 Å². The van der Waals surface area contributed by atoms with E-state index in [0.717, 1.165) is 30.5 Å². The molecule has 0 spiro atoms. The molecule has 0 amide bonds. The average molecular weight is 248 g/mol. The molecule has 0 aromatic heterocycles. The molecule has 18 heavy (non-hydrogen) atoms. The van der Waals surface area contributed by atoms with Gasteiger partial charge >= 0.3 is 0 Å². The van der Waals surface area contributed by atoms with Crippen molar-refractivity contribution in [3.63, 3.8) is 0 Å². The van der Waals surface area contributed by atoms with Crippen LogP contribution in [0.2, 0.25) is 0 Å². The van der Waals surface area contributed by atoms with Crippen molar-refractivity contribution in [3.05, 3.63) is 50.6 Å². The smallest absolute Gasteiger partial charge is 0.0978 e. The number of hydrogen-bond donors (Lipinski definition) is 0. The molecule has 0 aliphatic heterocycles. The molecule has 0 aromatic rings. The van der Waals surface area contributed by atoms with Gasteiger partial charge in [-0.05, 0) is 31.1 Å². The Bertz CT molecular complexity index is 238. The summed E-state index contributed by atoms with van der Waals surface area (Å²) in [5, 5.41) is 0. The van der Waals surface area contributed by atoms with E-state index < -0.39 is 0 Å². The van der Waals surface area contributed by atoms with E-state index in [-0.39, 0.29) is 0 Å². The fourth-order valence-corrected chi connectivity index (χ4v) is 2.69. The van der Waals surface area contributed by atoms with Gasteiger partial charge in [-0.1, -0.05) is 39.2 Å². The summed E-state index contributed by atoms with van der Waals surface area (Å²) in [6, 6.07) is 0.594. The third-order valence-corrected chi connectivity index (χ3v) is 3.58. The first-order valence-electron chi connectivity index (χ1n) is 7.00. The quantitative estimate of drug-likeness (QED) is 0.352. The van der Waals surface area contributed by atoms with E-state index >= 15 is 0 Å². The lowest BCUT2D eigenvalue weighted by atomic mass is 10.0. The van der Waals surface area contributed by atoms with Crippen molar-refractivity contribution in [1.82, 2.24) is 0 Å². The third-order valence-electron chi connectivity index (χ3n) is 3.58. The van der Waals surface area contributed by atoms with Crippen LogP contribution < -0.4 is 0 Å². The van der Waals surface area contributed by atoms with Gasteiger partial charge in [0.25, 0.3) is 0 Å². The topological polar surface area (TPSA) is 0 Å². The van der Waals surface area contributed by atoms with Crippen LogP contribution in [0, 0.1) is 0 Å². The fourth-order valence-electron chi connectivity index (χ4n) is 2.69. The first kappa shape index (κ1) is 16.9. The normalized spacial score (nSPS) is 12.7. The van der Waals surface area contributed by atoms with Crippen LogP contribution in [0.5, 0.6) is 0 Å². The molecule has 0 rings (SSSR count). The molecule has 0 aliphatic carbocycles. The highest BCUT2D eigenvalue weighted by molar-refractivity contribution is 4.83. The van der Waals surface area contributed by atoms with E-state index in [1.165, 1.54) is 19.3 Å². The van der Waals surface area contributed by atoms with Crippen molar-refractivity contribution in [2.45, 2.75) is 38.6 Å². The highest BCUT2D eigenvalue weighted by atomic mass is 15.4. The second kappa shape index (κ2) is 9.90. The Morgan fingerprint density at radius 1 is 0.889 bits per heavy atom. The number of rotatable bonds is 12. The first-order valence-corrected chi connectivity index (χ1v) is 7.00. The first-order chi connectivity index (χ1) is 8.70. The summed E-state index contributed by atoms with van der Waals surface area (Å²) in [6.07, 6.45) is 12.9. The van der Waals surface area contributed by atoms with Crippen LogP contribution in [0.4, 0.5) is 0 Å². The predicted molar refractivity (Wildman–Crippen MR) is 83.6 cm³/mol. The van der Waals surface area contributed by atoms with E-state index in [4.69, 9.17) is 0 Å². The van der Waals surface area contributed by atoms with Crippen LogP contribution >= 0.6 is 0 Å². The molecule has 0 aromatic carbocycles. The maximum absolute atomic E-state index is 3.92. The Kier molecular flexibility index (Phi) is 9.31. The Balaban J connectivity index is 5.10. The zero-order valence-electron chi connectivity index (χ0n) is 12.1. The molecule has 1 heteroatoms. The van der Waals surface area contributed by atoms with Crippen LogP contribution in [-0.4, -0.2) is 30.2 Å². The predicted octanol–water partition coefficient (Wildman–Crippen LogP) is 4.50. The summed E-state index contributed by atoms with van der Waals surface area (Å²) < 4.78 is 0.989. The van der Waals surface area contributed by atoms with Crippen molar-refractivity contribution in [2.75, 3.05) is 19.6 Å². The van der Waals surface area contributed by atoms with E-state index in [1.807, 2.05) is 24.3 Å². The summed E-state index contributed by atoms with van der Waals surface area (Å²) >= 11 is 0. The SMILES string of the molecule is C=CCC(CCCC)[N+](CC=C)(CC=C)CC=C. The maximum Gasteiger partial charge on any atom is 0.0978 e. The molecule has 1 nitrogen and oxygen atoms in total. The minimum absolute atomic E-state index is 0.594. The van der Waals surface area contributed by atoms with Crippen LogP contribution in [0.15, 0.2) is 50.6 Å². The zero-order chi connectivity index (χ0) is 13.9. The van der Waals surface area contributed by atoms with Crippen LogP contribution in [-0.2, 0) is 0 Å². The van der Waals surface area contributed by atoms with E-state index in [9.17, 15) is 0 Å². The molecule has 0 fully saturated rings. The molecule has 0 aliphatic rings. The van der Waals surface area contributed by atoms with E-state index in [0.29, 0.717) is 6.04 Å². The largest absolute Gasteiger partial charge is 0.311 e. The Morgan fingerprint density at radius 3 is 1.72 bits per heavy atom. The number of quaternary nitrogens is 1. The van der Waals surface area contributed by atoms with Crippen LogP contribution in [0.25, 0.3) is 0 Å². The third kappa shape index (κ3) is 5.05. The molecule has 0 heterocycles. The van der Waals surface area contributed by atoms with Gasteiger partial charge < -0.3 is 4.48 Å². The van der Waals surface area contributed by atoms with Crippen molar-refractivity contribution < 1.29 is 4.48 Å². The molecule has 0 N–H and O–H groups in total. The Hall–Kier alpha value is -1.08. The lowest BCUT2D eigenvalue weighted by Gasteiger charge is -2.43. The summed E-state index contributed by atoms with van der Waals surface area (Å²) in [5.74, 6) is 0. The van der Waals surface area contributed by atoms with Gasteiger partial charge in [0.15, 0.2) is 0 Å². The zero-order valence-corrected chi connectivity index (χ0v) is 12.1. The Labute approximate surface area is 114 Å². The second-order valence-corrected chi connectivity index (χ2v) is 4.95. The number of unbranched alkanes of at least 4 members (excludes halogenated alkanes) is 1. The van der Waals surface area contributed by atoms with Gasteiger partial charge in [0.05, 0.1) is 25.7 Å². The standard InChI is InChI=1S/C17H30N/c1-6-11-13-17(12-7-2)18(14-8-3,15-9-4)16-10-5/h7-10,17H,2-6,11-16H2,1H3/q+1. The highest BCUT2D eigenvalue weighted by Crippen LogP contribution is 2.23. The number of nitrogens with zero attached hydrogens (tertiary/aromatic N) is 1. The second-order valence-electron chi connectivity index (χ2n) is 4.95. The average Bonchev–Trinajstić information content (AvgIpc) is 2.35. The van der Waals surface area contributed by atoms with E-state index in [1.54, 1.807) is 0 Å². The fraction of sp³-hybridized carbons (Fsp3) is 0.529. The summed E-state index contributed by atoms with van der Waals surface area (Å²) in [6.45, 7) is 20.8. The van der Waals surface area contributed by atoms with Crippen LogP contribution in [0.1, 0.15) is 32.6 Å². The molecular weight excluding hydrogens is 218 g/mol. The lowest BCUT2D eigenvalue weighted by molar-refractivity contribution is -0.935. The molecule has 1 atom stereocenters. The van der Waals surface area contributed by atoms with Crippen molar-refractivity contribution in [2.24, 2.45) is 0 Å². The van der Waals surface area contributed by atoms with Crippen molar-refractivity contribution in [3.8, 4) is 0 Å². The minimum Gasteiger partial charge on any atom is -0.311 e. The molecule has 0 radical (unpaired) electrons. The molecule has 102 valence electrons. The highest BCUT2D eigenvalue weighted by Gasteiger charge is 2.32. The van der Waals surface area contributed by atoms with Gasteiger partial charge in [0.1, 0.15) is 0 Å². The van der Waals surface area contributed by atoms with Gasteiger partial charge in [0.2, 0.25) is 0 Å². The molecule has 0 saturated carbocycles. The monoisotopic (exact) mass is 248 g/mol. The lowest BCUT2D eigenvalue weighted by Crippen LogP contribution is -2.55. The Morgan fingerprint density at radius 2 is 1.39 bits per heavy atom. The summed E-state index contributed by atoms with van der Waals surface area (Å²) in [5.41, 5.74) is 0. The number of hydrogen-bond acceptors (Lipinski definition) is 0. The molecular formula is C17H30N+. The summed E-state index contributed by atoms with van der Waals surface area (Å²) in [7, 11) is 0. The van der Waals surface area contributed by atoms with Gasteiger partial charge in [-0.15, -0.1) is 6.58 Å². The molecule has 1 unspecified atom stereocenters. The van der Waals surface area contributed by atoms with Crippen LogP contribution in [0.3, 0.4) is 0 Å². The van der Waals surface area contributed by atoms with Gasteiger partial charge in [-0.25, -0.2) is 0 Å². The maximum atomic E-state index is 3.92. The van der Waals surface area contributed by atoms with Gasteiger partial charge in [0, 0.05) is 6.42 Å². The van der Waals surface area contributed by atoms with Gasteiger partial charge in [-0.2, -0.15) is 0 Å². The molecule has 0 saturated heterocycles.